The second kappa shape index (κ2) is 4.37. The zero-order valence-corrected chi connectivity index (χ0v) is 9.40. The van der Waals surface area contributed by atoms with E-state index in [2.05, 4.69) is 10.3 Å². The predicted molar refractivity (Wildman–Crippen MR) is 62.8 cm³/mol. The number of amides is 1. The van der Waals surface area contributed by atoms with E-state index in [0.29, 0.717) is 10.7 Å². The normalized spacial score (nSPS) is 10.1. The van der Waals surface area contributed by atoms with E-state index in [9.17, 15) is 4.79 Å². The highest BCUT2D eigenvalue weighted by Crippen LogP contribution is 2.22. The van der Waals surface area contributed by atoms with E-state index in [1.165, 1.54) is 10.9 Å². The van der Waals surface area contributed by atoms with Gasteiger partial charge in [0.15, 0.2) is 0 Å². The summed E-state index contributed by atoms with van der Waals surface area (Å²) >= 11 is 5.95. The maximum absolute atomic E-state index is 11.7. The number of carbonyl (C=O) groups excluding carboxylic acids is 1. The summed E-state index contributed by atoms with van der Waals surface area (Å²) in [7, 11) is 0. The van der Waals surface area contributed by atoms with Crippen LogP contribution in [0.15, 0.2) is 36.9 Å². The van der Waals surface area contributed by atoms with Crippen molar-refractivity contribution in [1.82, 2.24) is 9.55 Å². The van der Waals surface area contributed by atoms with Crippen molar-refractivity contribution in [3.05, 3.63) is 47.5 Å². The summed E-state index contributed by atoms with van der Waals surface area (Å²) in [6.45, 7) is 1.85. The van der Waals surface area contributed by atoms with E-state index in [4.69, 9.17) is 11.6 Å². The van der Waals surface area contributed by atoms with E-state index >= 15 is 0 Å². The molecule has 82 valence electrons. The van der Waals surface area contributed by atoms with Crippen LogP contribution in [0.3, 0.4) is 0 Å². The fraction of sp³-hybridized carbons (Fsp3) is 0.0909. The first kappa shape index (κ1) is 10.7. The molecular weight excluding hydrogens is 226 g/mol. The van der Waals surface area contributed by atoms with Crippen molar-refractivity contribution in [3.8, 4) is 0 Å². The monoisotopic (exact) mass is 235 g/mol. The van der Waals surface area contributed by atoms with Crippen molar-refractivity contribution < 1.29 is 4.79 Å². The summed E-state index contributed by atoms with van der Waals surface area (Å²) in [5.74, 6) is 0. The minimum Gasteiger partial charge on any atom is -0.307 e. The Kier molecular flexibility index (Phi) is 2.92. The van der Waals surface area contributed by atoms with Crippen molar-refractivity contribution in [2.75, 3.05) is 5.32 Å². The lowest BCUT2D eigenvalue weighted by Crippen LogP contribution is -2.18. The molecule has 0 saturated carbocycles. The van der Waals surface area contributed by atoms with E-state index in [0.717, 1.165) is 5.56 Å². The van der Waals surface area contributed by atoms with Gasteiger partial charge < -0.3 is 5.32 Å². The Bertz CT molecular complexity index is 508. The summed E-state index contributed by atoms with van der Waals surface area (Å²) in [5, 5.41) is 3.38. The first-order valence-electron chi connectivity index (χ1n) is 4.73. The number of hydrogen-bond donors (Lipinski definition) is 1. The number of rotatable bonds is 1. The molecule has 0 fully saturated rings. The summed E-state index contributed by atoms with van der Waals surface area (Å²) in [4.78, 5) is 15.5. The van der Waals surface area contributed by atoms with Crippen LogP contribution in [0.4, 0.5) is 10.5 Å². The number of anilines is 1. The first-order valence-corrected chi connectivity index (χ1v) is 5.10. The Hall–Kier alpha value is -1.81. The van der Waals surface area contributed by atoms with Gasteiger partial charge in [-0.05, 0) is 24.6 Å². The standard InChI is InChI=1S/C11H10ClN3O/c1-8-9(12)3-2-4-10(8)14-11(16)15-6-5-13-7-15/h2-7H,1H3,(H,14,16). The summed E-state index contributed by atoms with van der Waals surface area (Å²) in [6.07, 6.45) is 4.56. The fourth-order valence-electron chi connectivity index (χ4n) is 1.30. The predicted octanol–water partition coefficient (Wildman–Crippen LogP) is 2.93. The molecule has 4 nitrogen and oxygen atoms in total. The molecule has 0 bridgehead atoms. The van der Waals surface area contributed by atoms with E-state index in [1.807, 2.05) is 6.92 Å². The van der Waals surface area contributed by atoms with Gasteiger partial charge >= 0.3 is 6.03 Å². The summed E-state index contributed by atoms with van der Waals surface area (Å²) < 4.78 is 1.36. The first-order chi connectivity index (χ1) is 7.68. The molecule has 1 amide bonds. The molecule has 0 radical (unpaired) electrons. The van der Waals surface area contributed by atoms with Crippen molar-refractivity contribution in [1.29, 1.82) is 0 Å². The van der Waals surface area contributed by atoms with Crippen LogP contribution in [-0.2, 0) is 0 Å². The topological polar surface area (TPSA) is 46.9 Å². The largest absolute Gasteiger partial charge is 0.331 e. The number of aromatic nitrogens is 2. The molecule has 5 heteroatoms. The number of halogens is 1. The Labute approximate surface area is 97.9 Å². The molecule has 1 N–H and O–H groups in total. The van der Waals surface area contributed by atoms with Gasteiger partial charge in [-0.15, -0.1) is 0 Å². The van der Waals surface area contributed by atoms with Gasteiger partial charge in [0.05, 0.1) is 0 Å². The third-order valence-corrected chi connectivity index (χ3v) is 2.66. The van der Waals surface area contributed by atoms with Gasteiger partial charge in [0.25, 0.3) is 0 Å². The second-order valence-corrected chi connectivity index (χ2v) is 3.72. The Morgan fingerprint density at radius 2 is 2.31 bits per heavy atom. The number of carbonyl (C=O) groups is 1. The summed E-state index contributed by atoms with van der Waals surface area (Å²) in [5.41, 5.74) is 1.55. The lowest BCUT2D eigenvalue weighted by Gasteiger charge is -2.09. The van der Waals surface area contributed by atoms with E-state index in [-0.39, 0.29) is 6.03 Å². The van der Waals surface area contributed by atoms with Crippen molar-refractivity contribution in [2.24, 2.45) is 0 Å². The molecule has 0 aliphatic carbocycles. The molecule has 0 unspecified atom stereocenters. The Morgan fingerprint density at radius 1 is 1.50 bits per heavy atom. The van der Waals surface area contributed by atoms with Crippen molar-refractivity contribution in [2.45, 2.75) is 6.92 Å². The van der Waals surface area contributed by atoms with Crippen LogP contribution in [-0.4, -0.2) is 15.6 Å². The van der Waals surface area contributed by atoms with Crippen molar-refractivity contribution in [3.63, 3.8) is 0 Å². The van der Waals surface area contributed by atoms with Crippen LogP contribution in [0, 0.1) is 6.92 Å². The molecule has 1 aromatic heterocycles. The van der Waals surface area contributed by atoms with Gasteiger partial charge in [-0.25, -0.2) is 9.78 Å². The molecule has 2 rings (SSSR count). The number of nitrogens with one attached hydrogen (secondary N) is 1. The smallest absolute Gasteiger partial charge is 0.307 e. The number of nitrogens with zero attached hydrogens (tertiary/aromatic N) is 2. The van der Waals surface area contributed by atoms with E-state index in [1.54, 1.807) is 30.6 Å². The van der Waals surface area contributed by atoms with Gasteiger partial charge in [0.2, 0.25) is 0 Å². The average Bonchev–Trinajstić information content (AvgIpc) is 2.78. The van der Waals surface area contributed by atoms with Crippen LogP contribution in [0.25, 0.3) is 0 Å². The van der Waals surface area contributed by atoms with Crippen molar-refractivity contribution >= 4 is 23.3 Å². The summed E-state index contributed by atoms with van der Waals surface area (Å²) in [6, 6.07) is 5.11. The number of hydrogen-bond acceptors (Lipinski definition) is 2. The van der Waals surface area contributed by atoms with Crippen LogP contribution in [0.1, 0.15) is 5.56 Å². The fourth-order valence-corrected chi connectivity index (χ4v) is 1.48. The van der Waals surface area contributed by atoms with Crippen LogP contribution < -0.4 is 5.32 Å². The highest BCUT2D eigenvalue weighted by atomic mass is 35.5. The zero-order chi connectivity index (χ0) is 11.5. The van der Waals surface area contributed by atoms with Gasteiger partial charge in [-0.2, -0.15) is 0 Å². The molecule has 2 aromatic rings. The highest BCUT2D eigenvalue weighted by Gasteiger charge is 2.07. The second-order valence-electron chi connectivity index (χ2n) is 3.31. The van der Waals surface area contributed by atoms with Gasteiger partial charge in [0, 0.05) is 23.1 Å². The molecule has 0 saturated heterocycles. The SMILES string of the molecule is Cc1c(Cl)cccc1NC(=O)n1ccnc1. The average molecular weight is 236 g/mol. The molecular formula is C11H10ClN3O. The maximum atomic E-state index is 11.7. The Morgan fingerprint density at radius 3 is 3.00 bits per heavy atom. The van der Waals surface area contributed by atoms with Gasteiger partial charge in [-0.1, -0.05) is 17.7 Å². The van der Waals surface area contributed by atoms with Crippen LogP contribution in [0.2, 0.25) is 5.02 Å². The molecule has 0 aliphatic rings. The van der Waals surface area contributed by atoms with Gasteiger partial charge in [-0.3, -0.25) is 4.57 Å². The molecule has 0 atom stereocenters. The molecule has 0 aliphatic heterocycles. The molecule has 0 spiro atoms. The number of benzene rings is 1. The van der Waals surface area contributed by atoms with Crippen LogP contribution in [0.5, 0.6) is 0 Å². The Balaban J connectivity index is 2.22. The molecule has 16 heavy (non-hydrogen) atoms. The minimum atomic E-state index is -0.261. The third-order valence-electron chi connectivity index (χ3n) is 2.25. The minimum absolute atomic E-state index is 0.261. The van der Waals surface area contributed by atoms with E-state index < -0.39 is 0 Å². The van der Waals surface area contributed by atoms with Crippen LogP contribution >= 0.6 is 11.6 Å². The lowest BCUT2D eigenvalue weighted by atomic mass is 10.2. The zero-order valence-electron chi connectivity index (χ0n) is 8.64. The quantitative estimate of drug-likeness (QED) is 0.826. The molecule has 1 heterocycles. The third kappa shape index (κ3) is 2.06. The lowest BCUT2D eigenvalue weighted by molar-refractivity contribution is 0.253. The van der Waals surface area contributed by atoms with Gasteiger partial charge in [0.1, 0.15) is 6.33 Å². The molecule has 1 aromatic carbocycles. The number of imidazole rings is 1. The highest BCUT2D eigenvalue weighted by molar-refractivity contribution is 6.31. The maximum Gasteiger partial charge on any atom is 0.331 e.